The molecular weight excluding hydrogens is 470 g/mol. The average molecular weight is 504 g/mol. The van der Waals surface area contributed by atoms with Gasteiger partial charge in [0.1, 0.15) is 11.3 Å². The van der Waals surface area contributed by atoms with Crippen LogP contribution in [0.15, 0.2) is 42.7 Å². The first-order valence-electron chi connectivity index (χ1n) is 11.5. The molecule has 0 aliphatic carbocycles. The fourth-order valence-corrected chi connectivity index (χ4v) is 4.47. The van der Waals surface area contributed by atoms with Crippen LogP contribution in [0.1, 0.15) is 60.5 Å². The lowest BCUT2D eigenvalue weighted by Crippen LogP contribution is -2.46. The molecule has 2 aromatic rings. The predicted molar refractivity (Wildman–Crippen MR) is 132 cm³/mol. The van der Waals surface area contributed by atoms with Crippen LogP contribution in [0.2, 0.25) is 0 Å². The maximum atomic E-state index is 12.3. The van der Waals surface area contributed by atoms with Gasteiger partial charge in [-0.15, -0.1) is 0 Å². The number of piperazine rings is 1. The van der Waals surface area contributed by atoms with Crippen LogP contribution in [0.3, 0.4) is 0 Å². The Morgan fingerprint density at radius 2 is 1.88 bits per heavy atom. The van der Waals surface area contributed by atoms with Crippen LogP contribution in [0.4, 0.5) is 5.69 Å². The molecule has 1 aromatic heterocycles. The Morgan fingerprint density at radius 1 is 1.12 bits per heavy atom. The van der Waals surface area contributed by atoms with Crippen molar-refractivity contribution in [2.24, 2.45) is 0 Å². The van der Waals surface area contributed by atoms with Crippen molar-refractivity contribution in [2.45, 2.75) is 44.6 Å². The third-order valence-corrected chi connectivity index (χ3v) is 6.38. The normalized spacial score (nSPS) is 16.1. The van der Waals surface area contributed by atoms with Crippen LogP contribution in [-0.4, -0.2) is 49.6 Å². The molecule has 7 heteroatoms. The minimum Gasteiger partial charge on any atom is -0.494 e. The van der Waals surface area contributed by atoms with Gasteiger partial charge in [0.15, 0.2) is 0 Å². The first-order chi connectivity index (χ1) is 15.7. The molecule has 1 aliphatic heterocycles. The number of carbonyl (C=O) groups excluding carboxylic acids is 1. The Kier molecular flexibility index (Phi) is 10.3. The van der Waals surface area contributed by atoms with Crippen molar-refractivity contribution in [3.8, 4) is 5.75 Å². The highest BCUT2D eigenvalue weighted by Gasteiger charge is 2.27. The summed E-state index contributed by atoms with van der Waals surface area (Å²) in [5.41, 5.74) is 2.54. The molecule has 1 N–H and O–H groups in total. The summed E-state index contributed by atoms with van der Waals surface area (Å²) in [4.78, 5) is 18.6. The maximum Gasteiger partial charge on any atom is 0.341 e. The molecule has 1 aliphatic rings. The van der Waals surface area contributed by atoms with Crippen LogP contribution >= 0.6 is 15.9 Å². The highest BCUT2D eigenvalue weighted by molar-refractivity contribution is 9.09. The SMILES string of the molecule is COC(=O)c1cnccc1N1CCNCC1c1ccc(OCCCCCCCCBr)cc1. The number of hydrogen-bond acceptors (Lipinski definition) is 6. The zero-order valence-corrected chi connectivity index (χ0v) is 20.5. The number of ether oxygens (including phenoxy) is 2. The zero-order chi connectivity index (χ0) is 22.6. The summed E-state index contributed by atoms with van der Waals surface area (Å²) in [5.74, 6) is 0.541. The standard InChI is InChI=1S/C25H34BrN3O3/c1-31-25(30)22-18-27-14-12-23(22)29-16-15-28-19-24(29)20-8-10-21(11-9-20)32-17-7-5-3-2-4-6-13-26/h8-12,14,18,24,28H,2-7,13,15-17,19H2,1H3. The monoisotopic (exact) mass is 503 g/mol. The maximum absolute atomic E-state index is 12.3. The molecule has 6 nitrogen and oxygen atoms in total. The Morgan fingerprint density at radius 3 is 2.62 bits per heavy atom. The van der Waals surface area contributed by atoms with Gasteiger partial charge in [-0.25, -0.2) is 4.79 Å². The first-order valence-corrected chi connectivity index (χ1v) is 12.6. The minimum absolute atomic E-state index is 0.114. The zero-order valence-electron chi connectivity index (χ0n) is 18.9. The fraction of sp³-hybridized carbons (Fsp3) is 0.520. The molecular formula is C25H34BrN3O3. The second kappa shape index (κ2) is 13.4. The molecule has 0 saturated carbocycles. The lowest BCUT2D eigenvalue weighted by atomic mass is 10.0. The van der Waals surface area contributed by atoms with Gasteiger partial charge in [0.25, 0.3) is 0 Å². The molecule has 2 heterocycles. The number of unbranched alkanes of at least 4 members (excludes halogenated alkanes) is 5. The number of alkyl halides is 1. The predicted octanol–water partition coefficient (Wildman–Crippen LogP) is 5.13. The smallest absolute Gasteiger partial charge is 0.341 e. The summed E-state index contributed by atoms with van der Waals surface area (Å²) in [6.07, 6.45) is 10.8. The molecule has 1 saturated heterocycles. The van der Waals surface area contributed by atoms with Crippen molar-refractivity contribution in [3.63, 3.8) is 0 Å². The molecule has 1 unspecified atom stereocenters. The number of rotatable bonds is 12. The minimum atomic E-state index is -0.364. The third kappa shape index (κ3) is 6.94. The van der Waals surface area contributed by atoms with Crippen LogP contribution < -0.4 is 15.0 Å². The van der Waals surface area contributed by atoms with E-state index in [0.29, 0.717) is 5.56 Å². The van der Waals surface area contributed by atoms with Crippen LogP contribution in [-0.2, 0) is 4.74 Å². The van der Waals surface area contributed by atoms with Crippen molar-refractivity contribution < 1.29 is 14.3 Å². The number of anilines is 1. The Bertz CT molecular complexity index is 831. The molecule has 0 amide bonds. The lowest BCUT2D eigenvalue weighted by Gasteiger charge is -2.39. The van der Waals surface area contributed by atoms with E-state index in [9.17, 15) is 4.79 Å². The summed E-state index contributed by atoms with van der Waals surface area (Å²) < 4.78 is 10.9. The summed E-state index contributed by atoms with van der Waals surface area (Å²) in [5, 5.41) is 4.58. The highest BCUT2D eigenvalue weighted by Crippen LogP contribution is 2.31. The molecule has 0 spiro atoms. The Hall–Kier alpha value is -2.12. The van der Waals surface area contributed by atoms with Crippen LogP contribution in [0, 0.1) is 0 Å². The highest BCUT2D eigenvalue weighted by atomic mass is 79.9. The van der Waals surface area contributed by atoms with E-state index in [1.54, 1.807) is 12.4 Å². The fourth-order valence-electron chi connectivity index (χ4n) is 4.08. The van der Waals surface area contributed by atoms with Gasteiger partial charge in [0, 0.05) is 37.4 Å². The average Bonchev–Trinajstić information content (AvgIpc) is 2.85. The number of nitrogens with zero attached hydrogens (tertiary/aromatic N) is 2. The van der Waals surface area contributed by atoms with Crippen molar-refractivity contribution >= 4 is 27.6 Å². The van der Waals surface area contributed by atoms with Crippen LogP contribution in [0.25, 0.3) is 0 Å². The van der Waals surface area contributed by atoms with E-state index >= 15 is 0 Å². The number of nitrogens with one attached hydrogen (secondary N) is 1. The number of aromatic nitrogens is 1. The van der Waals surface area contributed by atoms with Gasteiger partial charge in [0.05, 0.1) is 25.4 Å². The number of esters is 1. The van der Waals surface area contributed by atoms with Gasteiger partial charge in [-0.2, -0.15) is 0 Å². The quantitative estimate of drug-likeness (QED) is 0.246. The summed E-state index contributed by atoms with van der Waals surface area (Å²) in [6, 6.07) is 10.3. The van der Waals surface area contributed by atoms with Crippen molar-refractivity contribution in [1.82, 2.24) is 10.3 Å². The van der Waals surface area contributed by atoms with Crippen molar-refractivity contribution in [2.75, 3.05) is 43.6 Å². The Balaban J connectivity index is 1.58. The Labute approximate surface area is 199 Å². The van der Waals surface area contributed by atoms with E-state index in [1.165, 1.54) is 44.8 Å². The van der Waals surface area contributed by atoms with E-state index in [1.807, 2.05) is 18.2 Å². The topological polar surface area (TPSA) is 63.7 Å². The van der Waals surface area contributed by atoms with E-state index < -0.39 is 0 Å². The van der Waals surface area contributed by atoms with E-state index in [0.717, 1.165) is 49.4 Å². The number of methoxy groups -OCH3 is 1. The van der Waals surface area contributed by atoms with Gasteiger partial charge in [0.2, 0.25) is 0 Å². The number of hydrogen-bond donors (Lipinski definition) is 1. The van der Waals surface area contributed by atoms with E-state index in [-0.39, 0.29) is 12.0 Å². The molecule has 0 radical (unpaired) electrons. The molecule has 3 rings (SSSR count). The van der Waals surface area contributed by atoms with E-state index in [2.05, 4.69) is 43.3 Å². The number of benzene rings is 1. The largest absolute Gasteiger partial charge is 0.494 e. The van der Waals surface area contributed by atoms with Crippen molar-refractivity contribution in [3.05, 3.63) is 53.9 Å². The summed E-state index contributed by atoms with van der Waals surface area (Å²) >= 11 is 3.48. The van der Waals surface area contributed by atoms with Gasteiger partial charge in [-0.3, -0.25) is 4.98 Å². The van der Waals surface area contributed by atoms with Gasteiger partial charge in [-0.1, -0.05) is 53.7 Å². The summed E-state index contributed by atoms with van der Waals surface area (Å²) in [7, 11) is 1.40. The molecule has 32 heavy (non-hydrogen) atoms. The second-order valence-corrected chi connectivity index (χ2v) is 8.82. The van der Waals surface area contributed by atoms with Crippen LogP contribution in [0.5, 0.6) is 5.75 Å². The summed E-state index contributed by atoms with van der Waals surface area (Å²) in [6.45, 7) is 3.22. The van der Waals surface area contributed by atoms with Gasteiger partial charge >= 0.3 is 5.97 Å². The molecule has 1 atom stereocenters. The number of halogens is 1. The third-order valence-electron chi connectivity index (χ3n) is 5.82. The van der Waals surface area contributed by atoms with E-state index in [4.69, 9.17) is 9.47 Å². The number of pyridine rings is 1. The first kappa shape index (κ1) is 24.5. The van der Waals surface area contributed by atoms with Gasteiger partial charge in [-0.05, 0) is 36.6 Å². The lowest BCUT2D eigenvalue weighted by molar-refractivity contribution is 0.0600. The molecule has 1 fully saturated rings. The number of carbonyl (C=O) groups is 1. The molecule has 174 valence electrons. The second-order valence-electron chi connectivity index (χ2n) is 8.03. The van der Waals surface area contributed by atoms with Gasteiger partial charge < -0.3 is 19.7 Å². The molecule has 1 aromatic carbocycles. The van der Waals surface area contributed by atoms with Crippen molar-refractivity contribution in [1.29, 1.82) is 0 Å². The molecule has 0 bridgehead atoms.